The average molecular weight is 262 g/mol. The van der Waals surface area contributed by atoms with Crippen LogP contribution in [0.4, 0.5) is 4.79 Å². The topological polar surface area (TPSA) is 65.1 Å². The molecule has 104 valence electrons. The van der Waals surface area contributed by atoms with Crippen molar-refractivity contribution in [3.05, 3.63) is 0 Å². The summed E-state index contributed by atoms with van der Waals surface area (Å²) in [7, 11) is -1.39. The molecule has 1 fully saturated rings. The number of esters is 1. The van der Waals surface area contributed by atoms with Crippen LogP contribution in [-0.4, -0.2) is 55.4 Å². The first-order valence-corrected chi connectivity index (χ1v) is 5.68. The second-order valence-electron chi connectivity index (χ2n) is 5.15. The van der Waals surface area contributed by atoms with Gasteiger partial charge in [0.05, 0.1) is 23.9 Å². The zero-order valence-electron chi connectivity index (χ0n) is 14.1. The number of nitrogens with zero attached hydrogens (tertiary/aromatic N) is 1. The second kappa shape index (κ2) is 5.56. The Morgan fingerprint density at radius 3 is 2.56 bits per heavy atom. The van der Waals surface area contributed by atoms with Gasteiger partial charge in [-0.3, -0.25) is 4.90 Å². The van der Waals surface area contributed by atoms with Crippen molar-refractivity contribution >= 4 is 12.1 Å². The van der Waals surface area contributed by atoms with E-state index in [-0.39, 0.29) is 13.0 Å². The smallest absolute Gasteiger partial charge is 0.411 e. The average Bonchev–Trinajstić information content (AvgIpc) is 2.67. The lowest BCUT2D eigenvalue weighted by Crippen LogP contribution is -2.44. The summed E-state index contributed by atoms with van der Waals surface area (Å²) >= 11 is 0. The standard InChI is InChI=1S/C12H21NO5/c1-12(2,3)18-11(15)13-7-8(16-4)6-9(13)10(14)17-5/h8-9H,6-7H2,1-5H3/t8-,9+/m1/s1/i4D3. The molecule has 0 aromatic heterocycles. The molecule has 18 heavy (non-hydrogen) atoms. The molecule has 0 aliphatic carbocycles. The van der Waals surface area contributed by atoms with Gasteiger partial charge in [-0.1, -0.05) is 0 Å². The van der Waals surface area contributed by atoms with E-state index >= 15 is 0 Å². The molecule has 0 saturated carbocycles. The number of rotatable bonds is 2. The lowest BCUT2D eigenvalue weighted by molar-refractivity contribution is -0.145. The molecular weight excluding hydrogens is 238 g/mol. The zero-order chi connectivity index (χ0) is 16.4. The number of carbonyl (C=O) groups is 2. The zero-order valence-corrected chi connectivity index (χ0v) is 11.1. The highest BCUT2D eigenvalue weighted by molar-refractivity contribution is 5.82. The Morgan fingerprint density at radius 1 is 1.39 bits per heavy atom. The van der Waals surface area contributed by atoms with Crippen LogP contribution in [0.1, 0.15) is 31.3 Å². The molecule has 2 atom stereocenters. The fraction of sp³-hybridized carbons (Fsp3) is 0.833. The number of ether oxygens (including phenoxy) is 3. The maximum atomic E-state index is 12.1. The minimum absolute atomic E-state index is 0.0347. The van der Waals surface area contributed by atoms with E-state index in [1.165, 1.54) is 7.11 Å². The number of amides is 1. The van der Waals surface area contributed by atoms with Crippen molar-refractivity contribution in [1.82, 2.24) is 4.90 Å². The molecule has 0 aromatic carbocycles. The van der Waals surface area contributed by atoms with Crippen LogP contribution < -0.4 is 0 Å². The summed E-state index contributed by atoms with van der Waals surface area (Å²) in [6.07, 6.45) is -1.41. The predicted molar refractivity (Wildman–Crippen MR) is 64.2 cm³/mol. The molecule has 6 heteroatoms. The van der Waals surface area contributed by atoms with Crippen LogP contribution in [0.2, 0.25) is 0 Å². The third kappa shape index (κ3) is 3.60. The van der Waals surface area contributed by atoms with Crippen LogP contribution in [0.5, 0.6) is 0 Å². The predicted octanol–water partition coefficient (Wildman–Crippen LogP) is 1.18. The Balaban J connectivity index is 2.83. The van der Waals surface area contributed by atoms with Gasteiger partial charge >= 0.3 is 12.1 Å². The van der Waals surface area contributed by atoms with E-state index < -0.39 is 36.8 Å². The number of likely N-dealkylation sites (tertiary alicyclic amines) is 1. The van der Waals surface area contributed by atoms with Crippen LogP contribution in [0, 0.1) is 0 Å². The van der Waals surface area contributed by atoms with Gasteiger partial charge in [-0.15, -0.1) is 0 Å². The summed E-state index contributed by atoms with van der Waals surface area (Å²) < 4.78 is 36.0. The first-order valence-electron chi connectivity index (χ1n) is 7.18. The lowest BCUT2D eigenvalue weighted by Gasteiger charge is -2.27. The van der Waals surface area contributed by atoms with Crippen molar-refractivity contribution in [2.45, 2.75) is 44.9 Å². The van der Waals surface area contributed by atoms with Crippen LogP contribution in [0.25, 0.3) is 0 Å². The number of methoxy groups -OCH3 is 2. The normalized spacial score (nSPS) is 27.1. The van der Waals surface area contributed by atoms with Crippen LogP contribution in [0.15, 0.2) is 0 Å². The van der Waals surface area contributed by atoms with E-state index in [1.807, 2.05) is 0 Å². The Bertz CT molecular complexity index is 405. The van der Waals surface area contributed by atoms with Crippen molar-refractivity contribution < 1.29 is 27.9 Å². The van der Waals surface area contributed by atoms with E-state index in [0.29, 0.717) is 0 Å². The van der Waals surface area contributed by atoms with Crippen LogP contribution in [-0.2, 0) is 19.0 Å². The highest BCUT2D eigenvalue weighted by atomic mass is 16.6. The van der Waals surface area contributed by atoms with Gasteiger partial charge in [0.1, 0.15) is 11.6 Å². The van der Waals surface area contributed by atoms with Crippen molar-refractivity contribution in [1.29, 1.82) is 0 Å². The van der Waals surface area contributed by atoms with E-state index in [4.69, 9.17) is 13.6 Å². The van der Waals surface area contributed by atoms with E-state index in [9.17, 15) is 9.59 Å². The summed E-state index contributed by atoms with van der Waals surface area (Å²) in [6.45, 7) is 5.06. The molecular formula is C12H21NO5. The molecule has 0 spiro atoms. The molecule has 1 heterocycles. The van der Waals surface area contributed by atoms with Crippen molar-refractivity contribution in [2.75, 3.05) is 20.7 Å². The quantitative estimate of drug-likeness (QED) is 0.699. The number of carbonyl (C=O) groups excluding carboxylic acids is 2. The van der Waals surface area contributed by atoms with Gasteiger partial charge in [0.15, 0.2) is 0 Å². The number of hydrogen-bond acceptors (Lipinski definition) is 5. The molecule has 0 N–H and O–H groups in total. The molecule has 6 nitrogen and oxygen atoms in total. The molecule has 1 rings (SSSR count). The summed E-state index contributed by atoms with van der Waals surface area (Å²) in [6, 6.07) is -0.905. The fourth-order valence-corrected chi connectivity index (χ4v) is 1.76. The summed E-state index contributed by atoms with van der Waals surface area (Å²) in [5.41, 5.74) is -0.722. The third-order valence-corrected chi connectivity index (χ3v) is 2.53. The summed E-state index contributed by atoms with van der Waals surface area (Å²) in [5.74, 6) is -0.627. The van der Waals surface area contributed by atoms with Crippen LogP contribution >= 0.6 is 0 Å². The largest absolute Gasteiger partial charge is 0.467 e. The van der Waals surface area contributed by atoms with Gasteiger partial charge in [0.25, 0.3) is 0 Å². The van der Waals surface area contributed by atoms with Crippen molar-refractivity contribution in [2.24, 2.45) is 0 Å². The van der Waals surface area contributed by atoms with Gasteiger partial charge in [-0.05, 0) is 20.8 Å². The minimum atomic E-state index is -2.59. The molecule has 0 unspecified atom stereocenters. The van der Waals surface area contributed by atoms with Gasteiger partial charge in [0, 0.05) is 13.5 Å². The Labute approximate surface area is 111 Å². The second-order valence-corrected chi connectivity index (χ2v) is 5.15. The molecule has 0 bridgehead atoms. The monoisotopic (exact) mass is 262 g/mol. The summed E-state index contributed by atoms with van der Waals surface area (Å²) in [5, 5.41) is 0. The lowest BCUT2D eigenvalue weighted by atomic mass is 10.2. The molecule has 1 aliphatic rings. The maximum absolute atomic E-state index is 12.1. The van der Waals surface area contributed by atoms with Gasteiger partial charge in [-0.2, -0.15) is 0 Å². The highest BCUT2D eigenvalue weighted by Gasteiger charge is 2.42. The van der Waals surface area contributed by atoms with Gasteiger partial charge in [-0.25, -0.2) is 9.59 Å². The Morgan fingerprint density at radius 2 is 2.06 bits per heavy atom. The minimum Gasteiger partial charge on any atom is -0.467 e. The maximum Gasteiger partial charge on any atom is 0.411 e. The molecule has 1 saturated heterocycles. The fourth-order valence-electron chi connectivity index (χ4n) is 1.76. The first kappa shape index (κ1) is 10.6. The Kier molecular flexibility index (Phi) is 3.28. The number of hydrogen-bond donors (Lipinski definition) is 0. The molecule has 0 radical (unpaired) electrons. The van der Waals surface area contributed by atoms with Gasteiger partial charge in [0.2, 0.25) is 0 Å². The SMILES string of the molecule is [2H]C([2H])([2H])O[C@@H]1C[C@@H](C(=O)OC)N(C(=O)OC(C)(C)C)C1. The third-order valence-electron chi connectivity index (χ3n) is 2.53. The summed E-state index contributed by atoms with van der Waals surface area (Å²) in [4.78, 5) is 25.0. The molecule has 1 amide bonds. The van der Waals surface area contributed by atoms with Gasteiger partial charge < -0.3 is 14.2 Å². The first-order chi connectivity index (χ1) is 9.43. The van der Waals surface area contributed by atoms with Crippen molar-refractivity contribution in [3.8, 4) is 0 Å². The van der Waals surface area contributed by atoms with E-state index in [0.717, 1.165) is 4.90 Å². The highest BCUT2D eigenvalue weighted by Crippen LogP contribution is 2.23. The van der Waals surface area contributed by atoms with Crippen LogP contribution in [0.3, 0.4) is 0 Å². The van der Waals surface area contributed by atoms with Crippen molar-refractivity contribution in [3.63, 3.8) is 0 Å². The molecule has 1 aliphatic heterocycles. The Hall–Kier alpha value is -1.30. The molecule has 0 aromatic rings. The van der Waals surface area contributed by atoms with E-state index in [2.05, 4.69) is 4.74 Å². The van der Waals surface area contributed by atoms with E-state index in [1.54, 1.807) is 20.8 Å².